The molecule has 1 saturated heterocycles. The van der Waals surface area contributed by atoms with Crippen LogP contribution in [0.2, 0.25) is 0 Å². The molecule has 64 valence electrons. The molecule has 1 N–H and O–H groups in total. The lowest BCUT2D eigenvalue weighted by atomic mass is 10.3. The summed E-state index contributed by atoms with van der Waals surface area (Å²) in [6.45, 7) is 1.13. The Morgan fingerprint density at radius 1 is 1.55 bits per heavy atom. The first-order valence-electron chi connectivity index (χ1n) is 3.77. The average Bonchev–Trinajstić information content (AvgIpc) is 1.96. The van der Waals surface area contributed by atoms with Crippen LogP contribution in [0.1, 0.15) is 12.8 Å². The Kier molecular flexibility index (Phi) is 3.32. The van der Waals surface area contributed by atoms with E-state index in [-0.39, 0.29) is 12.2 Å². The normalized spacial score (nSPS) is 27.0. The quantitative estimate of drug-likeness (QED) is 0.542. The van der Waals surface area contributed by atoms with Crippen LogP contribution in [0.5, 0.6) is 0 Å². The summed E-state index contributed by atoms with van der Waals surface area (Å²) >= 11 is 0. The molecule has 1 rings (SSSR count). The Morgan fingerprint density at radius 3 is 3.09 bits per heavy atom. The molecule has 11 heavy (non-hydrogen) atoms. The summed E-state index contributed by atoms with van der Waals surface area (Å²) in [5.74, 6) is -0.191. The van der Waals surface area contributed by atoms with Gasteiger partial charge in [0.2, 0.25) is 0 Å². The molecule has 1 atom stereocenters. The number of nitrogens with one attached hydrogen (secondary N) is 1. The van der Waals surface area contributed by atoms with Crippen molar-refractivity contribution in [1.82, 2.24) is 5.32 Å². The monoisotopic (exact) mass is 159 g/mol. The molecule has 0 aromatic rings. The van der Waals surface area contributed by atoms with Gasteiger partial charge in [-0.1, -0.05) is 0 Å². The van der Waals surface area contributed by atoms with Crippen LogP contribution < -0.4 is 5.32 Å². The average molecular weight is 159 g/mol. The molecule has 0 radical (unpaired) electrons. The summed E-state index contributed by atoms with van der Waals surface area (Å²) < 4.78 is 10.1. The molecule has 0 aromatic carbocycles. The molecule has 1 unspecified atom stereocenters. The predicted octanol–water partition coefficient (Wildman–Crippen LogP) is -0.115. The largest absolute Gasteiger partial charge is 0.446 e. The van der Waals surface area contributed by atoms with E-state index in [1.807, 2.05) is 0 Å². The van der Waals surface area contributed by atoms with Gasteiger partial charge in [-0.15, -0.1) is 0 Å². The van der Waals surface area contributed by atoms with Gasteiger partial charge in [0.05, 0.1) is 19.6 Å². The summed E-state index contributed by atoms with van der Waals surface area (Å²) in [6, 6.07) is 0. The van der Waals surface area contributed by atoms with E-state index in [9.17, 15) is 4.79 Å². The highest BCUT2D eigenvalue weighted by molar-refractivity contribution is 5.69. The Morgan fingerprint density at radius 2 is 2.36 bits per heavy atom. The molecule has 1 aliphatic heterocycles. The summed E-state index contributed by atoms with van der Waals surface area (Å²) in [5.41, 5.74) is 0. The van der Waals surface area contributed by atoms with Gasteiger partial charge in [0.1, 0.15) is 0 Å². The number of rotatable bonds is 1. The molecule has 0 aliphatic carbocycles. The number of cyclic esters (lactones) is 1. The number of carbonyl (C=O) groups excluding carboxylic acids is 1. The SMILES string of the molecule is CNC1CCOCCC(=O)O1. The number of esters is 1. The van der Waals surface area contributed by atoms with Crippen molar-refractivity contribution >= 4 is 5.97 Å². The van der Waals surface area contributed by atoms with Gasteiger partial charge in [-0.3, -0.25) is 10.1 Å². The van der Waals surface area contributed by atoms with Crippen molar-refractivity contribution < 1.29 is 14.3 Å². The van der Waals surface area contributed by atoms with E-state index in [4.69, 9.17) is 9.47 Å². The molecule has 0 aromatic heterocycles. The minimum Gasteiger partial charge on any atom is -0.446 e. The molecular weight excluding hydrogens is 146 g/mol. The van der Waals surface area contributed by atoms with E-state index < -0.39 is 0 Å². The second kappa shape index (κ2) is 4.31. The zero-order valence-electron chi connectivity index (χ0n) is 6.63. The van der Waals surface area contributed by atoms with Crippen molar-refractivity contribution in [2.24, 2.45) is 0 Å². The van der Waals surface area contributed by atoms with E-state index in [2.05, 4.69) is 5.32 Å². The summed E-state index contributed by atoms with van der Waals surface area (Å²) in [4.78, 5) is 10.9. The maximum Gasteiger partial charge on any atom is 0.309 e. The fourth-order valence-corrected chi connectivity index (χ4v) is 0.928. The zero-order valence-corrected chi connectivity index (χ0v) is 6.63. The first-order chi connectivity index (χ1) is 5.33. The van der Waals surface area contributed by atoms with Crippen molar-refractivity contribution in [3.8, 4) is 0 Å². The van der Waals surface area contributed by atoms with Gasteiger partial charge in [0.25, 0.3) is 0 Å². The second-order valence-electron chi connectivity index (χ2n) is 2.42. The van der Waals surface area contributed by atoms with E-state index >= 15 is 0 Å². The summed E-state index contributed by atoms with van der Waals surface area (Å²) in [5, 5.41) is 2.88. The Balaban J connectivity index is 2.35. The zero-order chi connectivity index (χ0) is 8.10. The van der Waals surface area contributed by atoms with Crippen LogP contribution in [-0.4, -0.2) is 32.5 Å². The fraction of sp³-hybridized carbons (Fsp3) is 0.857. The number of hydrogen-bond acceptors (Lipinski definition) is 4. The highest BCUT2D eigenvalue weighted by atomic mass is 16.6. The standard InChI is InChI=1S/C7H13NO3/c1-8-6-2-4-10-5-3-7(9)11-6/h6,8H,2-5H2,1H3. The number of hydrogen-bond donors (Lipinski definition) is 1. The number of ether oxygens (including phenoxy) is 2. The highest BCUT2D eigenvalue weighted by Crippen LogP contribution is 2.02. The lowest BCUT2D eigenvalue weighted by Gasteiger charge is -2.19. The van der Waals surface area contributed by atoms with Crippen LogP contribution in [0.4, 0.5) is 0 Å². The molecule has 0 bridgehead atoms. The van der Waals surface area contributed by atoms with Gasteiger partial charge in [-0.05, 0) is 7.05 Å². The van der Waals surface area contributed by atoms with Crippen LogP contribution in [0, 0.1) is 0 Å². The first kappa shape index (κ1) is 8.49. The third-order valence-corrected chi connectivity index (χ3v) is 1.57. The molecule has 0 amide bonds. The molecule has 4 heteroatoms. The molecule has 1 aliphatic rings. The lowest BCUT2D eigenvalue weighted by molar-refractivity contribution is -0.155. The van der Waals surface area contributed by atoms with Gasteiger partial charge in [-0.2, -0.15) is 0 Å². The maximum absolute atomic E-state index is 10.9. The number of carbonyl (C=O) groups is 1. The molecular formula is C7H13NO3. The van der Waals surface area contributed by atoms with E-state index in [1.165, 1.54) is 0 Å². The minimum atomic E-state index is -0.191. The second-order valence-corrected chi connectivity index (χ2v) is 2.42. The smallest absolute Gasteiger partial charge is 0.309 e. The van der Waals surface area contributed by atoms with Crippen LogP contribution in [-0.2, 0) is 14.3 Å². The molecule has 4 nitrogen and oxygen atoms in total. The molecule has 0 spiro atoms. The van der Waals surface area contributed by atoms with Crippen molar-refractivity contribution in [1.29, 1.82) is 0 Å². The van der Waals surface area contributed by atoms with E-state index in [0.29, 0.717) is 19.6 Å². The van der Waals surface area contributed by atoms with Crippen LogP contribution in [0.3, 0.4) is 0 Å². The van der Waals surface area contributed by atoms with Gasteiger partial charge < -0.3 is 9.47 Å². The third-order valence-electron chi connectivity index (χ3n) is 1.57. The van der Waals surface area contributed by atoms with E-state index in [0.717, 1.165) is 6.42 Å². The molecule has 0 saturated carbocycles. The van der Waals surface area contributed by atoms with Crippen LogP contribution >= 0.6 is 0 Å². The molecule has 1 heterocycles. The van der Waals surface area contributed by atoms with Crippen molar-refractivity contribution in [2.75, 3.05) is 20.3 Å². The predicted molar refractivity (Wildman–Crippen MR) is 39.0 cm³/mol. The highest BCUT2D eigenvalue weighted by Gasteiger charge is 2.14. The van der Waals surface area contributed by atoms with Gasteiger partial charge in [-0.25, -0.2) is 0 Å². The topological polar surface area (TPSA) is 47.6 Å². The fourth-order valence-electron chi connectivity index (χ4n) is 0.928. The van der Waals surface area contributed by atoms with Crippen LogP contribution in [0.15, 0.2) is 0 Å². The Hall–Kier alpha value is -0.610. The Labute approximate surface area is 65.9 Å². The van der Waals surface area contributed by atoms with E-state index in [1.54, 1.807) is 7.05 Å². The maximum atomic E-state index is 10.9. The van der Waals surface area contributed by atoms with Crippen LogP contribution in [0.25, 0.3) is 0 Å². The Bertz CT molecular complexity index is 138. The van der Waals surface area contributed by atoms with Crippen molar-refractivity contribution in [3.63, 3.8) is 0 Å². The third kappa shape index (κ3) is 2.86. The lowest BCUT2D eigenvalue weighted by Crippen LogP contribution is -2.34. The first-order valence-corrected chi connectivity index (χ1v) is 3.77. The summed E-state index contributed by atoms with van der Waals surface area (Å²) in [6.07, 6.45) is 0.906. The minimum absolute atomic E-state index is 0.178. The van der Waals surface area contributed by atoms with Crippen molar-refractivity contribution in [3.05, 3.63) is 0 Å². The summed E-state index contributed by atoms with van der Waals surface area (Å²) in [7, 11) is 1.76. The van der Waals surface area contributed by atoms with Gasteiger partial charge in [0, 0.05) is 6.42 Å². The van der Waals surface area contributed by atoms with Gasteiger partial charge >= 0.3 is 5.97 Å². The molecule has 1 fully saturated rings. The van der Waals surface area contributed by atoms with Crippen molar-refractivity contribution in [2.45, 2.75) is 19.1 Å². The van der Waals surface area contributed by atoms with Gasteiger partial charge in [0.15, 0.2) is 6.23 Å².